The highest BCUT2D eigenvalue weighted by Crippen LogP contribution is 2.49. The van der Waals surface area contributed by atoms with Crippen molar-refractivity contribution in [2.45, 2.75) is 0 Å². The van der Waals surface area contributed by atoms with Crippen LogP contribution in [0.1, 0.15) is 22.8 Å². The van der Waals surface area contributed by atoms with Crippen LogP contribution in [0.3, 0.4) is 0 Å². The molecule has 9 rings (SSSR count). The fraction of sp³-hybridized carbons (Fsp3) is 0. The average molecular weight is 684 g/mol. The van der Waals surface area contributed by atoms with Crippen LogP contribution in [0.5, 0.6) is 0 Å². The van der Waals surface area contributed by atoms with Gasteiger partial charge in [-0.05, 0) is 71.3 Å². The average Bonchev–Trinajstić information content (AvgIpc) is 3.94. The van der Waals surface area contributed by atoms with Gasteiger partial charge in [-0.25, -0.2) is 9.97 Å². The molecular formula is C44H28Cl2N4. The first kappa shape index (κ1) is 30.1. The maximum Gasteiger partial charge on any atom is 0.0939 e. The molecule has 1 N–H and O–H groups in total. The lowest BCUT2D eigenvalue weighted by atomic mass is 9.93. The molecule has 4 nitrogen and oxygen atoms in total. The Labute approximate surface area is 299 Å². The summed E-state index contributed by atoms with van der Waals surface area (Å²) in [6.07, 6.45) is 4.12. The number of H-pyrrole nitrogens is 1. The minimum absolute atomic E-state index is 0.396. The summed E-state index contributed by atoms with van der Waals surface area (Å²) in [5.74, 6) is 0. The molecule has 3 aromatic heterocycles. The number of para-hydroxylation sites is 1. The number of benzene rings is 4. The summed E-state index contributed by atoms with van der Waals surface area (Å²) < 4.78 is 2.33. The molecule has 0 unspecified atom stereocenters. The molecule has 0 radical (unpaired) electrons. The van der Waals surface area contributed by atoms with Crippen molar-refractivity contribution in [3.63, 3.8) is 0 Å². The topological polar surface area (TPSA) is 46.5 Å². The van der Waals surface area contributed by atoms with Crippen LogP contribution >= 0.6 is 23.2 Å². The van der Waals surface area contributed by atoms with Gasteiger partial charge < -0.3 is 9.55 Å². The first-order chi connectivity index (χ1) is 24.6. The van der Waals surface area contributed by atoms with E-state index in [1.165, 1.54) is 0 Å². The van der Waals surface area contributed by atoms with E-state index >= 15 is 0 Å². The fourth-order valence-corrected chi connectivity index (χ4v) is 7.30. The number of fused-ring (bicyclic) bond motifs is 8. The van der Waals surface area contributed by atoms with Crippen LogP contribution in [0.25, 0.3) is 83.4 Å². The lowest BCUT2D eigenvalue weighted by Crippen LogP contribution is -1.97. The quantitative estimate of drug-likeness (QED) is 0.201. The Morgan fingerprint density at radius 2 is 1.00 bits per heavy atom. The molecule has 0 atom stereocenters. The van der Waals surface area contributed by atoms with E-state index in [9.17, 15) is 0 Å². The third kappa shape index (κ3) is 5.26. The number of rotatable bonds is 4. The van der Waals surface area contributed by atoms with Crippen LogP contribution in [0.15, 0.2) is 152 Å². The van der Waals surface area contributed by atoms with Gasteiger partial charge in [0, 0.05) is 33.4 Å². The van der Waals surface area contributed by atoms with Crippen LogP contribution < -0.4 is 0 Å². The summed E-state index contributed by atoms with van der Waals surface area (Å²) >= 11 is 14.4. The number of halogens is 2. The molecular weight excluding hydrogens is 655 g/mol. The van der Waals surface area contributed by atoms with Gasteiger partial charge in [0.05, 0.1) is 43.9 Å². The SMILES string of the molecule is ClC1=C(Cl)c2nc1cc1ccc(cc3nc(cc4c(-c5ccccc5)c(-c5ccccc5)c(c2-c2ccccc2)n4-c2ccccc2)C=C3)[nH]1. The summed E-state index contributed by atoms with van der Waals surface area (Å²) in [5.41, 5.74) is 13.6. The van der Waals surface area contributed by atoms with Crippen LogP contribution in [-0.4, -0.2) is 19.5 Å². The van der Waals surface area contributed by atoms with E-state index in [2.05, 4.69) is 107 Å². The summed E-state index contributed by atoms with van der Waals surface area (Å²) in [4.78, 5) is 13.8. The number of aromatic amines is 1. The minimum Gasteiger partial charge on any atom is -0.355 e. The molecule has 0 spiro atoms. The zero-order valence-electron chi connectivity index (χ0n) is 26.7. The maximum absolute atomic E-state index is 7.29. The van der Waals surface area contributed by atoms with E-state index in [0.29, 0.717) is 21.5 Å². The van der Waals surface area contributed by atoms with Gasteiger partial charge in [-0.2, -0.15) is 0 Å². The minimum atomic E-state index is 0.396. The first-order valence-corrected chi connectivity index (χ1v) is 17.1. The van der Waals surface area contributed by atoms with Crippen molar-refractivity contribution in [3.8, 4) is 39.1 Å². The molecule has 0 fully saturated rings. The molecule has 6 heteroatoms. The number of aromatic nitrogens is 4. The van der Waals surface area contributed by atoms with Gasteiger partial charge in [-0.3, -0.25) is 0 Å². The summed E-state index contributed by atoms with van der Waals surface area (Å²) in [6.45, 7) is 0. The van der Waals surface area contributed by atoms with E-state index in [1.54, 1.807) is 0 Å². The maximum atomic E-state index is 7.29. The molecule has 2 aliphatic rings. The number of hydrogen-bond donors (Lipinski definition) is 1. The molecule has 0 saturated carbocycles. The monoisotopic (exact) mass is 682 g/mol. The second-order valence-electron chi connectivity index (χ2n) is 12.2. The lowest BCUT2D eigenvalue weighted by molar-refractivity contribution is 1.17. The highest BCUT2D eigenvalue weighted by molar-refractivity contribution is 6.66. The van der Waals surface area contributed by atoms with Crippen molar-refractivity contribution in [2.24, 2.45) is 0 Å². The Morgan fingerprint density at radius 3 is 1.62 bits per heavy atom. The largest absolute Gasteiger partial charge is 0.355 e. The normalized spacial score (nSPS) is 12.4. The number of nitrogens with one attached hydrogen (secondary N) is 1. The highest BCUT2D eigenvalue weighted by atomic mass is 35.5. The predicted octanol–water partition coefficient (Wildman–Crippen LogP) is 12.3. The Balaban J connectivity index is 1.64. The number of nitrogens with zero attached hydrogens (tertiary/aromatic N) is 3. The van der Waals surface area contributed by atoms with E-state index in [4.69, 9.17) is 33.2 Å². The predicted molar refractivity (Wildman–Crippen MR) is 210 cm³/mol. The summed E-state index contributed by atoms with van der Waals surface area (Å²) in [7, 11) is 0. The molecule has 2 aliphatic heterocycles. The van der Waals surface area contributed by atoms with E-state index in [1.807, 2.05) is 66.7 Å². The molecule has 8 bridgehead atoms. The summed E-state index contributed by atoms with van der Waals surface area (Å²) in [6, 6.07) is 52.1. The standard InChI is InChI=1S/C44H28Cl2N4/c45-41-36-26-33-23-21-31(47-33)25-32-22-24-34(48-32)27-37-38(28-13-5-1-6-14-28)39(29-15-7-2-8-16-29)44(50(37)35-19-11-4-12-20-35)40(43(49-36)42(41)46)30-17-9-3-10-18-30/h1-27,47H. The highest BCUT2D eigenvalue weighted by Gasteiger charge is 2.28. The van der Waals surface area contributed by atoms with Gasteiger partial charge in [0.25, 0.3) is 0 Å². The summed E-state index contributed by atoms with van der Waals surface area (Å²) in [5, 5.41) is 0.795. The Hall–Kier alpha value is -5.94. The zero-order chi connectivity index (χ0) is 33.6. The van der Waals surface area contributed by atoms with E-state index in [-0.39, 0.29) is 0 Å². The second kappa shape index (κ2) is 12.5. The van der Waals surface area contributed by atoms with Gasteiger partial charge in [0.1, 0.15) is 0 Å². The second-order valence-corrected chi connectivity index (χ2v) is 13.0. The van der Waals surface area contributed by atoms with Crippen molar-refractivity contribution < 1.29 is 0 Å². The van der Waals surface area contributed by atoms with Gasteiger partial charge in [0.2, 0.25) is 0 Å². The molecule has 7 aromatic rings. The Morgan fingerprint density at radius 1 is 0.480 bits per heavy atom. The van der Waals surface area contributed by atoms with Gasteiger partial charge in [-0.15, -0.1) is 0 Å². The van der Waals surface area contributed by atoms with E-state index in [0.717, 1.165) is 72.5 Å². The van der Waals surface area contributed by atoms with Crippen LogP contribution in [0.2, 0.25) is 0 Å². The third-order valence-electron chi connectivity index (χ3n) is 9.03. The van der Waals surface area contributed by atoms with Crippen LogP contribution in [0.4, 0.5) is 0 Å². The number of hydrogen-bond acceptors (Lipinski definition) is 2. The molecule has 50 heavy (non-hydrogen) atoms. The van der Waals surface area contributed by atoms with Crippen LogP contribution in [-0.2, 0) is 0 Å². The molecule has 0 saturated heterocycles. The van der Waals surface area contributed by atoms with Crippen LogP contribution in [0, 0.1) is 0 Å². The van der Waals surface area contributed by atoms with E-state index < -0.39 is 0 Å². The van der Waals surface area contributed by atoms with Gasteiger partial charge in [0.15, 0.2) is 0 Å². The zero-order valence-corrected chi connectivity index (χ0v) is 28.2. The molecule has 238 valence electrons. The van der Waals surface area contributed by atoms with Crippen molar-refractivity contribution >= 4 is 67.5 Å². The molecule has 0 amide bonds. The Kier molecular flexibility index (Phi) is 7.54. The molecule has 0 aliphatic carbocycles. The first-order valence-electron chi connectivity index (χ1n) is 16.4. The molecule has 5 heterocycles. The Bertz CT molecular complexity index is 2640. The van der Waals surface area contributed by atoms with Gasteiger partial charge in [-0.1, -0.05) is 132 Å². The third-order valence-corrected chi connectivity index (χ3v) is 9.88. The smallest absolute Gasteiger partial charge is 0.0939 e. The van der Waals surface area contributed by atoms with Crippen molar-refractivity contribution in [1.29, 1.82) is 0 Å². The fourth-order valence-electron chi connectivity index (χ4n) is 6.88. The lowest BCUT2D eigenvalue weighted by Gasteiger charge is -2.14. The van der Waals surface area contributed by atoms with Crippen molar-refractivity contribution in [3.05, 3.63) is 174 Å². The molecule has 4 aromatic carbocycles. The van der Waals surface area contributed by atoms with Crippen molar-refractivity contribution in [2.75, 3.05) is 0 Å². The van der Waals surface area contributed by atoms with Crippen molar-refractivity contribution in [1.82, 2.24) is 19.5 Å². The van der Waals surface area contributed by atoms with Gasteiger partial charge >= 0.3 is 0 Å².